The van der Waals surface area contributed by atoms with Gasteiger partial charge in [-0.15, -0.1) is 4.57 Å². The van der Waals surface area contributed by atoms with E-state index in [-0.39, 0.29) is 17.0 Å². The Labute approximate surface area is 106 Å². The van der Waals surface area contributed by atoms with Gasteiger partial charge in [0.2, 0.25) is 0 Å². The molecule has 3 rings (SSSR count). The number of hydrogen-bond donors (Lipinski definition) is 1. The third kappa shape index (κ3) is 1.42. The van der Waals surface area contributed by atoms with Gasteiger partial charge >= 0.3 is 10.5 Å². The largest absolute Gasteiger partial charge is 0.477 e. The number of hydrogen-bond acceptors (Lipinski definition) is 4. The van der Waals surface area contributed by atoms with Crippen molar-refractivity contribution >= 4 is 16.3 Å². The van der Waals surface area contributed by atoms with Gasteiger partial charge in [0.1, 0.15) is 16.8 Å². The van der Waals surface area contributed by atoms with Crippen molar-refractivity contribution in [3.63, 3.8) is 0 Å². The Morgan fingerprint density at radius 3 is 2.78 bits per heavy atom. The molecule has 0 bridgehead atoms. The Hall–Kier alpha value is -2.21. The molecule has 1 N–H and O–H groups in total. The van der Waals surface area contributed by atoms with Gasteiger partial charge < -0.3 is 5.11 Å². The van der Waals surface area contributed by atoms with Crippen LogP contribution in [0.3, 0.4) is 0 Å². The van der Waals surface area contributed by atoms with Gasteiger partial charge in [-0.1, -0.05) is 23.3 Å². The molecule has 0 aliphatic rings. The van der Waals surface area contributed by atoms with Crippen molar-refractivity contribution in [1.82, 2.24) is 9.61 Å². The second-order valence-electron chi connectivity index (χ2n) is 3.86. The third-order valence-corrected chi connectivity index (χ3v) is 3.53. The molecule has 1 aromatic carbocycles. The average molecular weight is 260 g/mol. The van der Waals surface area contributed by atoms with Crippen molar-refractivity contribution in [3.8, 4) is 11.6 Å². The standard InChI is InChI=1S/C12H9N3O2S/c1-8-10(16)14(9-5-3-2-4-6-9)12-15(11(8)17)13-7-18-12/h2-7H,1H3/p+1. The number of nitrogens with zero attached hydrogens (tertiary/aromatic N) is 3. The maximum Gasteiger partial charge on any atom is 0.379 e. The van der Waals surface area contributed by atoms with E-state index in [0.29, 0.717) is 4.96 Å². The molecule has 0 aliphatic heterocycles. The summed E-state index contributed by atoms with van der Waals surface area (Å²) in [4.78, 5) is 12.5. The fourth-order valence-electron chi connectivity index (χ4n) is 1.83. The fraction of sp³-hybridized carbons (Fsp3) is 0.0833. The molecule has 0 aliphatic carbocycles. The highest BCUT2D eigenvalue weighted by atomic mass is 32.1. The molecule has 5 nitrogen and oxygen atoms in total. The smallest absolute Gasteiger partial charge is 0.379 e. The van der Waals surface area contributed by atoms with Crippen LogP contribution in [-0.4, -0.2) is 14.7 Å². The molecule has 90 valence electrons. The molecule has 3 aromatic rings. The van der Waals surface area contributed by atoms with Gasteiger partial charge in [0.05, 0.1) is 0 Å². The molecule has 0 spiro atoms. The van der Waals surface area contributed by atoms with E-state index in [1.54, 1.807) is 17.0 Å². The minimum Gasteiger partial charge on any atom is -0.477 e. The molecule has 0 amide bonds. The lowest BCUT2D eigenvalue weighted by molar-refractivity contribution is -0.578. The monoisotopic (exact) mass is 260 g/mol. The van der Waals surface area contributed by atoms with Crippen molar-refractivity contribution < 1.29 is 9.67 Å². The predicted molar refractivity (Wildman–Crippen MR) is 67.3 cm³/mol. The zero-order valence-electron chi connectivity index (χ0n) is 9.57. The predicted octanol–water partition coefficient (Wildman–Crippen LogP) is 1.05. The molecular weight excluding hydrogens is 250 g/mol. The van der Waals surface area contributed by atoms with E-state index in [0.717, 1.165) is 5.69 Å². The second kappa shape index (κ2) is 3.92. The summed E-state index contributed by atoms with van der Waals surface area (Å²) < 4.78 is 2.92. The topological polar surface area (TPSA) is 58.5 Å². The number of rotatable bonds is 1. The first-order chi connectivity index (χ1) is 8.70. The second-order valence-corrected chi connectivity index (χ2v) is 4.67. The first-order valence-electron chi connectivity index (χ1n) is 5.35. The summed E-state index contributed by atoms with van der Waals surface area (Å²) in [5.74, 6) is -0.0459. The molecule has 0 fully saturated rings. The summed E-state index contributed by atoms with van der Waals surface area (Å²) in [6, 6.07) is 9.37. The number of aromatic hydroxyl groups is 1. The normalized spacial score (nSPS) is 10.9. The van der Waals surface area contributed by atoms with Crippen LogP contribution in [0, 0.1) is 6.92 Å². The highest BCUT2D eigenvalue weighted by molar-refractivity contribution is 7.14. The van der Waals surface area contributed by atoms with Crippen LogP contribution < -0.4 is 10.1 Å². The van der Waals surface area contributed by atoms with Gasteiger partial charge in [-0.05, 0) is 34.9 Å². The van der Waals surface area contributed by atoms with E-state index in [1.807, 2.05) is 30.3 Å². The molecule has 0 saturated carbocycles. The molecule has 2 heterocycles. The molecule has 0 saturated heterocycles. The number of fused-ring (bicyclic) bond motifs is 1. The molecule has 6 heteroatoms. The van der Waals surface area contributed by atoms with Crippen LogP contribution in [0.2, 0.25) is 0 Å². The van der Waals surface area contributed by atoms with Gasteiger partial charge in [0.15, 0.2) is 0 Å². The van der Waals surface area contributed by atoms with Crippen LogP contribution >= 0.6 is 11.3 Å². The van der Waals surface area contributed by atoms with Gasteiger partial charge in [0, 0.05) is 0 Å². The van der Waals surface area contributed by atoms with Crippen LogP contribution in [0.4, 0.5) is 0 Å². The van der Waals surface area contributed by atoms with E-state index in [2.05, 4.69) is 5.10 Å². The van der Waals surface area contributed by atoms with E-state index >= 15 is 0 Å². The minimum absolute atomic E-state index is 0.0459. The van der Waals surface area contributed by atoms with E-state index in [1.165, 1.54) is 15.9 Å². The Morgan fingerprint density at radius 2 is 2.06 bits per heavy atom. The number of benzene rings is 1. The fourth-order valence-corrected chi connectivity index (χ4v) is 2.59. The maximum atomic E-state index is 11.9. The summed E-state index contributed by atoms with van der Waals surface area (Å²) >= 11 is 1.30. The average Bonchev–Trinajstić information content (AvgIpc) is 2.87. The summed E-state index contributed by atoms with van der Waals surface area (Å²) in [5.41, 5.74) is 2.35. The minimum atomic E-state index is -0.295. The Balaban J connectivity index is 2.50. The molecule has 0 atom stereocenters. The number of aromatic nitrogens is 3. The third-order valence-electron chi connectivity index (χ3n) is 2.77. The Morgan fingerprint density at radius 1 is 1.33 bits per heavy atom. The lowest BCUT2D eigenvalue weighted by Crippen LogP contribution is -2.38. The first-order valence-corrected chi connectivity index (χ1v) is 6.23. The quantitative estimate of drug-likeness (QED) is 0.665. The maximum absolute atomic E-state index is 11.9. The Bertz CT molecular complexity index is 777. The van der Waals surface area contributed by atoms with Crippen LogP contribution in [-0.2, 0) is 0 Å². The molecule has 18 heavy (non-hydrogen) atoms. The van der Waals surface area contributed by atoms with E-state index < -0.39 is 0 Å². The van der Waals surface area contributed by atoms with Crippen molar-refractivity contribution in [2.24, 2.45) is 0 Å². The Kier molecular flexibility index (Phi) is 2.38. The molecule has 2 aromatic heterocycles. The van der Waals surface area contributed by atoms with Crippen molar-refractivity contribution in [3.05, 3.63) is 51.8 Å². The SMILES string of the molecule is Cc1c(O)[n+](-c2ccccc2)c2scnn2c1=O. The zero-order chi connectivity index (χ0) is 12.7. The van der Waals surface area contributed by atoms with Crippen molar-refractivity contribution in [1.29, 1.82) is 0 Å². The van der Waals surface area contributed by atoms with Crippen molar-refractivity contribution in [2.75, 3.05) is 0 Å². The number of para-hydroxylation sites is 1. The van der Waals surface area contributed by atoms with E-state index in [4.69, 9.17) is 0 Å². The summed E-state index contributed by atoms with van der Waals surface area (Å²) in [5, 5.41) is 14.2. The van der Waals surface area contributed by atoms with Crippen molar-refractivity contribution in [2.45, 2.75) is 6.92 Å². The highest BCUT2D eigenvalue weighted by Gasteiger charge is 2.24. The molecule has 0 unspecified atom stereocenters. The van der Waals surface area contributed by atoms with Crippen LogP contribution in [0.25, 0.3) is 10.6 Å². The first kappa shape index (κ1) is 10.9. The lowest BCUT2D eigenvalue weighted by Gasteiger charge is -2.03. The van der Waals surface area contributed by atoms with Crippen LogP contribution in [0.5, 0.6) is 5.88 Å². The summed E-state index contributed by atoms with van der Waals surface area (Å²) in [7, 11) is 0. The van der Waals surface area contributed by atoms with Crippen LogP contribution in [0.1, 0.15) is 5.56 Å². The van der Waals surface area contributed by atoms with Gasteiger partial charge in [-0.3, -0.25) is 0 Å². The summed E-state index contributed by atoms with van der Waals surface area (Å²) in [6.07, 6.45) is 0. The lowest BCUT2D eigenvalue weighted by atomic mass is 10.3. The van der Waals surface area contributed by atoms with Gasteiger partial charge in [-0.2, -0.15) is 0 Å². The van der Waals surface area contributed by atoms with Gasteiger partial charge in [0.25, 0.3) is 5.88 Å². The summed E-state index contributed by atoms with van der Waals surface area (Å²) in [6.45, 7) is 1.59. The highest BCUT2D eigenvalue weighted by Crippen LogP contribution is 2.14. The zero-order valence-corrected chi connectivity index (χ0v) is 10.4. The van der Waals surface area contributed by atoms with Crippen LogP contribution in [0.15, 0.2) is 40.6 Å². The van der Waals surface area contributed by atoms with E-state index in [9.17, 15) is 9.90 Å². The van der Waals surface area contributed by atoms with Gasteiger partial charge in [-0.25, -0.2) is 4.79 Å². The molecule has 0 radical (unpaired) electrons. The molecular formula is C12H10N3O2S+.